The second-order valence-corrected chi connectivity index (χ2v) is 5.10. The fraction of sp³-hybridized carbons (Fsp3) is 0.278. The monoisotopic (exact) mass is 268 g/mol. The minimum atomic E-state index is -0.433. The van der Waals surface area contributed by atoms with Crippen molar-refractivity contribution in [1.82, 2.24) is 0 Å². The summed E-state index contributed by atoms with van der Waals surface area (Å²) >= 11 is 0. The lowest BCUT2D eigenvalue weighted by atomic mass is 10.0. The largest absolute Gasteiger partial charge is 0.366 e. The molecule has 2 rings (SSSR count). The highest BCUT2D eigenvalue weighted by Crippen LogP contribution is 2.13. The summed E-state index contributed by atoms with van der Waals surface area (Å²) in [6, 6.07) is 15.7. The highest BCUT2D eigenvalue weighted by atomic mass is 16.5. The van der Waals surface area contributed by atoms with Crippen molar-refractivity contribution in [2.75, 3.05) is 0 Å². The molecule has 0 aromatic heterocycles. The van der Waals surface area contributed by atoms with Crippen LogP contribution in [0.2, 0.25) is 0 Å². The quantitative estimate of drug-likeness (QED) is 0.763. The molecule has 2 aromatic carbocycles. The second kappa shape index (κ2) is 6.49. The van der Waals surface area contributed by atoms with Crippen molar-refractivity contribution in [1.29, 1.82) is 0 Å². The van der Waals surface area contributed by atoms with Crippen LogP contribution in [0.3, 0.4) is 0 Å². The summed E-state index contributed by atoms with van der Waals surface area (Å²) < 4.78 is 5.66. The van der Waals surface area contributed by atoms with Crippen LogP contribution in [0.4, 0.5) is 0 Å². The number of hydrogen-bond donors (Lipinski definition) is 0. The Labute approximate surface area is 120 Å². The summed E-state index contributed by atoms with van der Waals surface area (Å²) in [5.74, 6) is 0.0315. The first-order valence-corrected chi connectivity index (χ1v) is 6.85. The number of rotatable bonds is 5. The molecule has 0 fully saturated rings. The molecule has 0 heterocycles. The Balaban J connectivity index is 1.99. The summed E-state index contributed by atoms with van der Waals surface area (Å²) in [7, 11) is 0. The van der Waals surface area contributed by atoms with E-state index >= 15 is 0 Å². The Hall–Kier alpha value is -1.93. The van der Waals surface area contributed by atoms with E-state index in [1.807, 2.05) is 62.4 Å². The van der Waals surface area contributed by atoms with Crippen molar-refractivity contribution >= 4 is 5.78 Å². The first-order chi connectivity index (χ1) is 9.58. The van der Waals surface area contributed by atoms with Crippen LogP contribution in [-0.4, -0.2) is 11.9 Å². The van der Waals surface area contributed by atoms with E-state index in [0.29, 0.717) is 12.2 Å². The lowest BCUT2D eigenvalue weighted by Gasteiger charge is -2.13. The van der Waals surface area contributed by atoms with Gasteiger partial charge in [-0.15, -0.1) is 0 Å². The highest BCUT2D eigenvalue weighted by molar-refractivity contribution is 5.99. The maximum absolute atomic E-state index is 12.3. The second-order valence-electron chi connectivity index (χ2n) is 5.10. The van der Waals surface area contributed by atoms with Crippen LogP contribution in [0, 0.1) is 13.8 Å². The van der Waals surface area contributed by atoms with E-state index in [0.717, 1.165) is 11.1 Å². The van der Waals surface area contributed by atoms with Gasteiger partial charge in [-0.1, -0.05) is 42.5 Å². The topological polar surface area (TPSA) is 26.3 Å². The standard InChI is InChI=1S/C18H20O2/c1-13-9-10-17(11-14(13)2)18(19)15(3)20-12-16-7-5-4-6-8-16/h4-11,15H,12H2,1-3H3. The SMILES string of the molecule is Cc1ccc(C(=O)C(C)OCc2ccccc2)cc1C. The third kappa shape index (κ3) is 3.55. The zero-order valence-electron chi connectivity index (χ0n) is 12.2. The van der Waals surface area contributed by atoms with Crippen LogP contribution in [0.15, 0.2) is 48.5 Å². The molecule has 0 radical (unpaired) electrons. The van der Waals surface area contributed by atoms with Gasteiger partial charge in [0.25, 0.3) is 0 Å². The number of aryl methyl sites for hydroxylation is 2. The van der Waals surface area contributed by atoms with E-state index in [2.05, 4.69) is 0 Å². The zero-order valence-corrected chi connectivity index (χ0v) is 12.2. The van der Waals surface area contributed by atoms with Gasteiger partial charge in [0.2, 0.25) is 0 Å². The number of ketones is 1. The van der Waals surface area contributed by atoms with E-state index in [9.17, 15) is 4.79 Å². The normalized spacial score (nSPS) is 12.2. The van der Waals surface area contributed by atoms with Gasteiger partial charge in [-0.05, 0) is 43.5 Å². The fourth-order valence-corrected chi connectivity index (χ4v) is 2.00. The van der Waals surface area contributed by atoms with Crippen LogP contribution in [0.25, 0.3) is 0 Å². The summed E-state index contributed by atoms with van der Waals surface area (Å²) in [6.07, 6.45) is -0.433. The van der Waals surface area contributed by atoms with Gasteiger partial charge in [-0.3, -0.25) is 4.79 Å². The molecule has 1 atom stereocenters. The average molecular weight is 268 g/mol. The van der Waals surface area contributed by atoms with Crippen molar-refractivity contribution in [2.24, 2.45) is 0 Å². The number of ether oxygens (including phenoxy) is 1. The Bertz CT molecular complexity index is 588. The molecule has 2 nitrogen and oxygen atoms in total. The summed E-state index contributed by atoms with van der Waals surface area (Å²) in [5.41, 5.74) is 4.12. The number of benzene rings is 2. The molecule has 0 aliphatic rings. The molecule has 0 N–H and O–H groups in total. The minimum Gasteiger partial charge on any atom is -0.366 e. The van der Waals surface area contributed by atoms with Gasteiger partial charge in [0.05, 0.1) is 6.61 Å². The van der Waals surface area contributed by atoms with Gasteiger partial charge < -0.3 is 4.74 Å². The fourth-order valence-electron chi connectivity index (χ4n) is 2.00. The van der Waals surface area contributed by atoms with E-state index in [-0.39, 0.29) is 5.78 Å². The predicted octanol–water partition coefficient (Wildman–Crippen LogP) is 4.09. The molecule has 0 bridgehead atoms. The van der Waals surface area contributed by atoms with Crippen molar-refractivity contribution in [2.45, 2.75) is 33.5 Å². The average Bonchev–Trinajstić information content (AvgIpc) is 2.48. The molecule has 20 heavy (non-hydrogen) atoms. The Morgan fingerprint density at radius 3 is 2.40 bits per heavy atom. The van der Waals surface area contributed by atoms with Gasteiger partial charge in [0.1, 0.15) is 6.10 Å². The predicted molar refractivity (Wildman–Crippen MR) is 80.9 cm³/mol. The summed E-state index contributed by atoms with van der Waals surface area (Å²) in [6.45, 7) is 6.32. The number of Topliss-reactive ketones (excluding diaryl/α,β-unsaturated/α-hetero) is 1. The summed E-state index contributed by atoms with van der Waals surface area (Å²) in [5, 5.41) is 0. The van der Waals surface area contributed by atoms with Crippen molar-refractivity contribution in [3.8, 4) is 0 Å². The molecule has 2 heteroatoms. The number of hydrogen-bond acceptors (Lipinski definition) is 2. The van der Waals surface area contributed by atoms with Crippen molar-refractivity contribution in [3.05, 3.63) is 70.8 Å². The Morgan fingerprint density at radius 1 is 1.05 bits per heavy atom. The molecule has 2 aromatic rings. The first kappa shape index (κ1) is 14.5. The number of carbonyl (C=O) groups excluding carboxylic acids is 1. The third-order valence-electron chi connectivity index (χ3n) is 3.50. The molecular formula is C18H20O2. The van der Waals surface area contributed by atoms with E-state index in [1.54, 1.807) is 6.92 Å². The molecule has 0 aliphatic carbocycles. The Kier molecular flexibility index (Phi) is 4.70. The molecule has 0 saturated heterocycles. The van der Waals surface area contributed by atoms with Crippen LogP contribution < -0.4 is 0 Å². The van der Waals surface area contributed by atoms with Gasteiger partial charge >= 0.3 is 0 Å². The maximum Gasteiger partial charge on any atom is 0.191 e. The number of carbonyl (C=O) groups is 1. The van der Waals surface area contributed by atoms with Crippen LogP contribution in [-0.2, 0) is 11.3 Å². The molecule has 1 unspecified atom stereocenters. The molecule has 0 amide bonds. The van der Waals surface area contributed by atoms with Gasteiger partial charge in [0, 0.05) is 5.56 Å². The highest BCUT2D eigenvalue weighted by Gasteiger charge is 2.16. The summed E-state index contributed by atoms with van der Waals surface area (Å²) in [4.78, 5) is 12.3. The van der Waals surface area contributed by atoms with Crippen LogP contribution in [0.1, 0.15) is 34.0 Å². The first-order valence-electron chi connectivity index (χ1n) is 6.85. The molecular weight excluding hydrogens is 248 g/mol. The lowest BCUT2D eigenvalue weighted by molar-refractivity contribution is 0.0412. The van der Waals surface area contributed by atoms with E-state index in [1.165, 1.54) is 5.56 Å². The van der Waals surface area contributed by atoms with Crippen molar-refractivity contribution < 1.29 is 9.53 Å². The molecule has 104 valence electrons. The third-order valence-corrected chi connectivity index (χ3v) is 3.50. The smallest absolute Gasteiger partial charge is 0.191 e. The van der Waals surface area contributed by atoms with E-state index < -0.39 is 6.10 Å². The van der Waals surface area contributed by atoms with Crippen LogP contribution >= 0.6 is 0 Å². The Morgan fingerprint density at radius 2 is 1.75 bits per heavy atom. The van der Waals surface area contributed by atoms with Crippen molar-refractivity contribution in [3.63, 3.8) is 0 Å². The zero-order chi connectivity index (χ0) is 14.5. The molecule has 0 aliphatic heterocycles. The van der Waals surface area contributed by atoms with Gasteiger partial charge in [-0.2, -0.15) is 0 Å². The van der Waals surface area contributed by atoms with Gasteiger partial charge in [0.15, 0.2) is 5.78 Å². The molecule has 0 spiro atoms. The van der Waals surface area contributed by atoms with E-state index in [4.69, 9.17) is 4.74 Å². The maximum atomic E-state index is 12.3. The lowest BCUT2D eigenvalue weighted by Crippen LogP contribution is -2.21. The van der Waals surface area contributed by atoms with Crippen LogP contribution in [0.5, 0.6) is 0 Å². The molecule has 0 saturated carbocycles. The minimum absolute atomic E-state index is 0.0315. The van der Waals surface area contributed by atoms with Gasteiger partial charge in [-0.25, -0.2) is 0 Å².